The molecule has 0 saturated heterocycles. The number of hydrogen-bond donors (Lipinski definition) is 1. The number of fused-ring (bicyclic) bond motifs is 1. The van der Waals surface area contributed by atoms with E-state index >= 15 is 0 Å². The van der Waals surface area contributed by atoms with Gasteiger partial charge in [0.2, 0.25) is 0 Å². The molecular weight excluding hydrogens is 344 g/mol. The van der Waals surface area contributed by atoms with E-state index in [1.54, 1.807) is 4.88 Å². The number of rotatable bonds is 5. The lowest BCUT2D eigenvalue weighted by Gasteiger charge is -2.28. The number of benzene rings is 1. The lowest BCUT2D eigenvalue weighted by Crippen LogP contribution is -2.32. The SMILES string of the molecule is CNC(CCN1CCc2sccc2C1)c1ccccc1Br. The molecule has 1 aliphatic rings. The molecule has 0 aliphatic carbocycles. The van der Waals surface area contributed by atoms with E-state index < -0.39 is 0 Å². The Hall–Kier alpha value is -0.680. The largest absolute Gasteiger partial charge is 0.313 e. The predicted molar refractivity (Wildman–Crippen MR) is 93.9 cm³/mol. The maximum absolute atomic E-state index is 3.67. The van der Waals surface area contributed by atoms with Crippen molar-refractivity contribution in [3.63, 3.8) is 0 Å². The first-order valence-electron chi connectivity index (χ1n) is 7.47. The van der Waals surface area contributed by atoms with Crippen molar-refractivity contribution in [3.05, 3.63) is 56.2 Å². The molecule has 0 radical (unpaired) electrons. The van der Waals surface area contributed by atoms with Crippen LogP contribution < -0.4 is 5.32 Å². The number of halogens is 1. The third-order valence-corrected chi connectivity index (χ3v) is 5.99. The van der Waals surface area contributed by atoms with Gasteiger partial charge in [-0.2, -0.15) is 0 Å². The first-order chi connectivity index (χ1) is 10.3. The molecule has 2 nitrogen and oxygen atoms in total. The lowest BCUT2D eigenvalue weighted by atomic mass is 10.0. The number of thiophene rings is 1. The van der Waals surface area contributed by atoms with Gasteiger partial charge in [0, 0.05) is 35.0 Å². The van der Waals surface area contributed by atoms with Gasteiger partial charge in [-0.25, -0.2) is 0 Å². The zero-order valence-electron chi connectivity index (χ0n) is 12.3. The first kappa shape index (κ1) is 15.2. The van der Waals surface area contributed by atoms with Gasteiger partial charge in [0.05, 0.1) is 0 Å². The Morgan fingerprint density at radius 2 is 2.19 bits per heavy atom. The van der Waals surface area contributed by atoms with Crippen molar-refractivity contribution >= 4 is 27.3 Å². The molecule has 2 aromatic rings. The summed E-state index contributed by atoms with van der Waals surface area (Å²) in [7, 11) is 2.05. The van der Waals surface area contributed by atoms with E-state index in [-0.39, 0.29) is 0 Å². The van der Waals surface area contributed by atoms with E-state index in [9.17, 15) is 0 Å². The van der Waals surface area contributed by atoms with Crippen molar-refractivity contribution in [2.45, 2.75) is 25.4 Å². The van der Waals surface area contributed by atoms with Crippen LogP contribution in [0.3, 0.4) is 0 Å². The third-order valence-electron chi connectivity index (χ3n) is 4.25. The highest BCUT2D eigenvalue weighted by atomic mass is 79.9. The van der Waals surface area contributed by atoms with Gasteiger partial charge in [-0.3, -0.25) is 4.90 Å². The van der Waals surface area contributed by atoms with Crippen molar-refractivity contribution in [3.8, 4) is 0 Å². The summed E-state index contributed by atoms with van der Waals surface area (Å²) in [5.74, 6) is 0. The van der Waals surface area contributed by atoms with Gasteiger partial charge >= 0.3 is 0 Å². The van der Waals surface area contributed by atoms with Crippen molar-refractivity contribution in [1.82, 2.24) is 10.2 Å². The zero-order chi connectivity index (χ0) is 14.7. The van der Waals surface area contributed by atoms with E-state index in [2.05, 4.69) is 68.9 Å². The van der Waals surface area contributed by atoms with Crippen molar-refractivity contribution in [2.24, 2.45) is 0 Å². The summed E-state index contributed by atoms with van der Waals surface area (Å²) >= 11 is 5.58. The second-order valence-corrected chi connectivity index (χ2v) is 7.40. The molecule has 0 bridgehead atoms. The number of hydrogen-bond acceptors (Lipinski definition) is 3. The Labute approximate surface area is 139 Å². The Kier molecular flexibility index (Phi) is 5.11. The summed E-state index contributed by atoms with van der Waals surface area (Å²) in [4.78, 5) is 4.16. The highest BCUT2D eigenvalue weighted by Crippen LogP contribution is 2.27. The molecule has 3 rings (SSSR count). The van der Waals surface area contributed by atoms with Crippen LogP contribution >= 0.6 is 27.3 Å². The molecular formula is C17H21BrN2S. The predicted octanol–water partition coefficient (Wildman–Crippen LogP) is 4.22. The molecule has 0 fully saturated rings. The highest BCUT2D eigenvalue weighted by molar-refractivity contribution is 9.10. The topological polar surface area (TPSA) is 15.3 Å². The minimum atomic E-state index is 0.407. The Morgan fingerprint density at radius 3 is 3.00 bits per heavy atom. The van der Waals surface area contributed by atoms with Gasteiger partial charge in [0.25, 0.3) is 0 Å². The molecule has 2 heterocycles. The van der Waals surface area contributed by atoms with Crippen LogP contribution in [-0.2, 0) is 13.0 Å². The van der Waals surface area contributed by atoms with Gasteiger partial charge in [0.15, 0.2) is 0 Å². The quantitative estimate of drug-likeness (QED) is 0.854. The molecule has 21 heavy (non-hydrogen) atoms. The molecule has 0 spiro atoms. The van der Waals surface area contributed by atoms with Gasteiger partial charge in [-0.1, -0.05) is 34.1 Å². The molecule has 1 atom stereocenters. The molecule has 0 amide bonds. The summed E-state index contributed by atoms with van der Waals surface area (Å²) < 4.78 is 1.20. The normalized spacial score (nSPS) is 16.7. The average molecular weight is 365 g/mol. The van der Waals surface area contributed by atoms with Crippen LogP contribution in [-0.4, -0.2) is 25.0 Å². The van der Waals surface area contributed by atoms with Crippen LogP contribution in [0.25, 0.3) is 0 Å². The molecule has 1 unspecified atom stereocenters. The Bertz CT molecular complexity index is 596. The van der Waals surface area contributed by atoms with E-state index in [1.165, 1.54) is 28.6 Å². The van der Waals surface area contributed by atoms with E-state index in [1.807, 2.05) is 11.3 Å². The fraction of sp³-hybridized carbons (Fsp3) is 0.412. The molecule has 1 aliphatic heterocycles. The fourth-order valence-electron chi connectivity index (χ4n) is 3.02. The summed E-state index contributed by atoms with van der Waals surface area (Å²) in [6.07, 6.45) is 2.35. The standard InChI is InChI=1S/C17H21BrN2S/c1-19-16(14-4-2-3-5-15(14)18)6-9-20-10-7-17-13(12-20)8-11-21-17/h2-5,8,11,16,19H,6-7,9-10,12H2,1H3. The van der Waals surface area contributed by atoms with Crippen molar-refractivity contribution in [1.29, 1.82) is 0 Å². The highest BCUT2D eigenvalue weighted by Gasteiger charge is 2.19. The lowest BCUT2D eigenvalue weighted by molar-refractivity contribution is 0.242. The van der Waals surface area contributed by atoms with Crippen LogP contribution in [0, 0.1) is 0 Å². The minimum Gasteiger partial charge on any atom is -0.313 e. The molecule has 112 valence electrons. The van der Waals surface area contributed by atoms with Crippen LogP contribution in [0.2, 0.25) is 0 Å². The molecule has 1 aromatic carbocycles. The van der Waals surface area contributed by atoms with E-state index in [0.717, 1.165) is 19.5 Å². The van der Waals surface area contributed by atoms with Gasteiger partial charge in [-0.05, 0) is 48.5 Å². The van der Waals surface area contributed by atoms with Gasteiger partial charge in [-0.15, -0.1) is 11.3 Å². The molecule has 0 saturated carbocycles. The molecule has 1 N–H and O–H groups in total. The number of nitrogens with zero attached hydrogens (tertiary/aromatic N) is 1. The average Bonchev–Trinajstić information content (AvgIpc) is 2.97. The van der Waals surface area contributed by atoms with Gasteiger partial charge < -0.3 is 5.32 Å². The van der Waals surface area contributed by atoms with E-state index in [0.29, 0.717) is 6.04 Å². The molecule has 4 heteroatoms. The van der Waals surface area contributed by atoms with E-state index in [4.69, 9.17) is 0 Å². The maximum atomic E-state index is 3.67. The smallest absolute Gasteiger partial charge is 0.0340 e. The van der Waals surface area contributed by atoms with Crippen LogP contribution in [0.15, 0.2) is 40.2 Å². The third kappa shape index (κ3) is 3.57. The second kappa shape index (κ2) is 7.05. The van der Waals surface area contributed by atoms with Crippen LogP contribution in [0.4, 0.5) is 0 Å². The maximum Gasteiger partial charge on any atom is 0.0340 e. The fourth-order valence-corrected chi connectivity index (χ4v) is 4.47. The van der Waals surface area contributed by atoms with Crippen molar-refractivity contribution in [2.75, 3.05) is 20.1 Å². The summed E-state index contributed by atoms with van der Waals surface area (Å²) in [5, 5.41) is 5.69. The summed E-state index contributed by atoms with van der Waals surface area (Å²) in [6.45, 7) is 3.45. The van der Waals surface area contributed by atoms with Gasteiger partial charge in [0.1, 0.15) is 0 Å². The number of nitrogens with one attached hydrogen (secondary N) is 1. The Balaban J connectivity index is 1.60. The Morgan fingerprint density at radius 1 is 1.33 bits per heavy atom. The zero-order valence-corrected chi connectivity index (χ0v) is 14.7. The van der Waals surface area contributed by atoms with Crippen LogP contribution in [0.1, 0.15) is 28.5 Å². The monoisotopic (exact) mass is 364 g/mol. The van der Waals surface area contributed by atoms with Crippen molar-refractivity contribution < 1.29 is 0 Å². The molecule has 1 aromatic heterocycles. The second-order valence-electron chi connectivity index (χ2n) is 5.55. The summed E-state index contributed by atoms with van der Waals surface area (Å²) in [5.41, 5.74) is 2.89. The van der Waals surface area contributed by atoms with Crippen LogP contribution in [0.5, 0.6) is 0 Å². The summed E-state index contributed by atoms with van der Waals surface area (Å²) in [6, 6.07) is 11.2. The first-order valence-corrected chi connectivity index (χ1v) is 9.14. The minimum absolute atomic E-state index is 0.407.